The molecule has 1 atom stereocenters. The van der Waals surface area contributed by atoms with E-state index in [2.05, 4.69) is 5.32 Å². The van der Waals surface area contributed by atoms with Crippen LogP contribution in [0.4, 0.5) is 14.9 Å². The number of halogens is 1. The Bertz CT molecular complexity index is 745. The van der Waals surface area contributed by atoms with Crippen LogP contribution in [0.2, 0.25) is 0 Å². The lowest BCUT2D eigenvalue weighted by molar-refractivity contribution is -0.118. The average Bonchev–Trinajstić information content (AvgIpc) is 2.81. The lowest BCUT2D eigenvalue weighted by Gasteiger charge is -2.26. The zero-order valence-corrected chi connectivity index (χ0v) is 16.5. The molecule has 27 heavy (non-hydrogen) atoms. The summed E-state index contributed by atoms with van der Waals surface area (Å²) < 4.78 is 20.7. The number of hydrogen-bond donors (Lipinski definition) is 1. The molecule has 0 aromatic heterocycles. The number of rotatable bonds is 2. The first-order valence-corrected chi connectivity index (χ1v) is 9.48. The molecule has 2 amide bonds. The number of nitrogens with zero attached hydrogens (tertiary/aromatic N) is 2. The van der Waals surface area contributed by atoms with E-state index >= 15 is 4.39 Å². The molecule has 0 aliphatic carbocycles. The van der Waals surface area contributed by atoms with Crippen molar-refractivity contribution in [3.05, 3.63) is 29.1 Å². The molecule has 1 aromatic carbocycles. The third kappa shape index (κ3) is 4.08. The van der Waals surface area contributed by atoms with Gasteiger partial charge in [-0.2, -0.15) is 0 Å². The zero-order valence-electron chi connectivity index (χ0n) is 16.5. The lowest BCUT2D eigenvalue weighted by atomic mass is 10.0. The second-order valence-electron chi connectivity index (χ2n) is 8.16. The summed E-state index contributed by atoms with van der Waals surface area (Å²) in [5.41, 5.74) is 1.14. The third-order valence-corrected chi connectivity index (χ3v) is 5.03. The van der Waals surface area contributed by atoms with Gasteiger partial charge in [-0.05, 0) is 64.3 Å². The van der Waals surface area contributed by atoms with Crippen molar-refractivity contribution in [3.8, 4) is 0 Å². The van der Waals surface area contributed by atoms with E-state index in [9.17, 15) is 9.59 Å². The Hall–Kier alpha value is -2.15. The fourth-order valence-electron chi connectivity index (χ4n) is 3.68. The summed E-state index contributed by atoms with van der Waals surface area (Å²) in [6, 6.07) is 3.23. The van der Waals surface area contributed by atoms with Gasteiger partial charge in [-0.15, -0.1) is 0 Å². The van der Waals surface area contributed by atoms with Gasteiger partial charge in [0, 0.05) is 19.6 Å². The minimum atomic E-state index is -0.568. The van der Waals surface area contributed by atoms with Gasteiger partial charge in [0.2, 0.25) is 5.91 Å². The predicted molar refractivity (Wildman–Crippen MR) is 101 cm³/mol. The highest BCUT2D eigenvalue weighted by molar-refractivity contribution is 5.99. The van der Waals surface area contributed by atoms with Crippen molar-refractivity contribution >= 4 is 17.7 Å². The number of anilines is 1. The van der Waals surface area contributed by atoms with E-state index in [4.69, 9.17) is 4.74 Å². The van der Waals surface area contributed by atoms with Crippen LogP contribution in [0.5, 0.6) is 0 Å². The highest BCUT2D eigenvalue weighted by Gasteiger charge is 2.34. The van der Waals surface area contributed by atoms with Crippen LogP contribution in [-0.4, -0.2) is 48.7 Å². The number of fused-ring (bicyclic) bond motifs is 1. The van der Waals surface area contributed by atoms with Gasteiger partial charge in [0.1, 0.15) is 11.4 Å². The van der Waals surface area contributed by atoms with Crippen LogP contribution in [0, 0.1) is 5.82 Å². The van der Waals surface area contributed by atoms with Crippen LogP contribution in [-0.2, 0) is 22.5 Å². The van der Waals surface area contributed by atoms with Crippen molar-refractivity contribution < 1.29 is 18.7 Å². The van der Waals surface area contributed by atoms with Crippen LogP contribution in [0.1, 0.15) is 44.7 Å². The van der Waals surface area contributed by atoms with Crippen LogP contribution < -0.4 is 10.2 Å². The first-order chi connectivity index (χ1) is 12.7. The van der Waals surface area contributed by atoms with E-state index in [-0.39, 0.29) is 23.9 Å². The molecule has 2 aliphatic rings. The fourth-order valence-corrected chi connectivity index (χ4v) is 3.68. The Morgan fingerprint density at radius 1 is 1.30 bits per heavy atom. The maximum absolute atomic E-state index is 15.2. The van der Waals surface area contributed by atoms with E-state index in [1.54, 1.807) is 18.0 Å². The van der Waals surface area contributed by atoms with Crippen LogP contribution in [0.25, 0.3) is 0 Å². The van der Waals surface area contributed by atoms with E-state index < -0.39 is 5.60 Å². The monoisotopic (exact) mass is 377 g/mol. The van der Waals surface area contributed by atoms with Crippen molar-refractivity contribution in [1.82, 2.24) is 10.2 Å². The van der Waals surface area contributed by atoms with Crippen LogP contribution in [0.3, 0.4) is 0 Å². The Morgan fingerprint density at radius 3 is 2.67 bits per heavy atom. The van der Waals surface area contributed by atoms with Crippen molar-refractivity contribution in [2.45, 2.75) is 58.2 Å². The molecule has 148 valence electrons. The van der Waals surface area contributed by atoms with Gasteiger partial charge in [0.05, 0.1) is 11.7 Å². The highest BCUT2D eigenvalue weighted by Crippen LogP contribution is 2.31. The number of amides is 2. The normalized spacial score (nSPS) is 20.5. The van der Waals surface area contributed by atoms with Gasteiger partial charge in [-0.25, -0.2) is 9.18 Å². The van der Waals surface area contributed by atoms with Gasteiger partial charge in [0.15, 0.2) is 0 Å². The predicted octanol–water partition coefficient (Wildman–Crippen LogP) is 2.83. The van der Waals surface area contributed by atoms with Crippen LogP contribution in [0.15, 0.2) is 12.1 Å². The van der Waals surface area contributed by atoms with Gasteiger partial charge < -0.3 is 19.9 Å². The van der Waals surface area contributed by atoms with Crippen molar-refractivity contribution in [3.63, 3.8) is 0 Å². The van der Waals surface area contributed by atoms with Gasteiger partial charge in [-0.3, -0.25) is 4.79 Å². The molecule has 1 saturated heterocycles. The number of carbonyl (C=O) groups is 2. The summed E-state index contributed by atoms with van der Waals surface area (Å²) in [4.78, 5) is 28.0. The smallest absolute Gasteiger partial charge is 0.410 e. The summed E-state index contributed by atoms with van der Waals surface area (Å²) in [6.45, 7) is 6.82. The van der Waals surface area contributed by atoms with Crippen molar-refractivity contribution in [2.75, 3.05) is 25.0 Å². The molecule has 3 rings (SSSR count). The fraction of sp³-hybridized carbons (Fsp3) is 0.600. The number of carbonyl (C=O) groups excluding carboxylic acids is 2. The minimum Gasteiger partial charge on any atom is -0.444 e. The SMILES string of the molecule is CN[C@H]1CCN(c2ccc3c(c2F)CCCN(C(=O)OC(C)(C)C)C3)C1=O. The van der Waals surface area contributed by atoms with E-state index in [1.807, 2.05) is 26.8 Å². The Labute approximate surface area is 159 Å². The summed E-state index contributed by atoms with van der Waals surface area (Å²) in [5, 5.41) is 2.97. The van der Waals surface area contributed by atoms with Gasteiger partial charge >= 0.3 is 6.09 Å². The topological polar surface area (TPSA) is 61.9 Å². The molecule has 2 heterocycles. The molecule has 1 N–H and O–H groups in total. The molecule has 0 unspecified atom stereocenters. The maximum atomic E-state index is 15.2. The molecule has 2 aliphatic heterocycles. The summed E-state index contributed by atoms with van der Waals surface area (Å²) in [5.74, 6) is -0.441. The average molecular weight is 377 g/mol. The molecular formula is C20H28FN3O3. The third-order valence-electron chi connectivity index (χ3n) is 5.03. The molecular weight excluding hydrogens is 349 g/mol. The number of benzene rings is 1. The zero-order chi connectivity index (χ0) is 19.8. The Morgan fingerprint density at radius 2 is 2.04 bits per heavy atom. The van der Waals surface area contributed by atoms with Crippen molar-refractivity contribution in [2.24, 2.45) is 0 Å². The molecule has 0 saturated carbocycles. The quantitative estimate of drug-likeness (QED) is 0.861. The molecule has 0 spiro atoms. The standard InChI is InChI=1S/C20H28FN3O3/c1-20(2,3)27-19(26)23-10-5-6-14-13(12-23)7-8-16(17(14)21)24-11-9-15(22-4)18(24)25/h7-8,15,22H,5-6,9-12H2,1-4H3/t15-/m0/s1. The first-order valence-electron chi connectivity index (χ1n) is 9.48. The minimum absolute atomic E-state index is 0.0969. The highest BCUT2D eigenvalue weighted by atomic mass is 19.1. The Balaban J connectivity index is 1.84. The molecule has 7 heteroatoms. The first kappa shape index (κ1) is 19.6. The summed E-state index contributed by atoms with van der Waals surface area (Å²) >= 11 is 0. The lowest BCUT2D eigenvalue weighted by Crippen LogP contribution is -2.37. The molecule has 0 radical (unpaired) electrons. The summed E-state index contributed by atoms with van der Waals surface area (Å²) in [6.07, 6.45) is 1.47. The number of ether oxygens (including phenoxy) is 1. The van der Waals surface area contributed by atoms with E-state index in [0.29, 0.717) is 50.1 Å². The molecule has 1 fully saturated rings. The molecule has 0 bridgehead atoms. The van der Waals surface area contributed by atoms with Crippen molar-refractivity contribution in [1.29, 1.82) is 0 Å². The largest absolute Gasteiger partial charge is 0.444 e. The van der Waals surface area contributed by atoms with E-state index in [0.717, 1.165) is 5.56 Å². The molecule has 6 nitrogen and oxygen atoms in total. The maximum Gasteiger partial charge on any atom is 0.410 e. The summed E-state index contributed by atoms with van der Waals surface area (Å²) in [7, 11) is 1.74. The second kappa shape index (κ2) is 7.46. The molecule has 1 aromatic rings. The number of hydrogen-bond acceptors (Lipinski definition) is 4. The Kier molecular flexibility index (Phi) is 5.42. The van der Waals surface area contributed by atoms with E-state index in [1.165, 1.54) is 4.90 Å². The second-order valence-corrected chi connectivity index (χ2v) is 8.16. The number of nitrogens with one attached hydrogen (secondary N) is 1. The number of likely N-dealkylation sites (N-methyl/N-ethyl adjacent to an activating group) is 1. The van der Waals surface area contributed by atoms with Gasteiger partial charge in [0.25, 0.3) is 0 Å². The van der Waals surface area contributed by atoms with Gasteiger partial charge in [-0.1, -0.05) is 6.07 Å². The van der Waals surface area contributed by atoms with Crippen LogP contribution >= 0.6 is 0 Å².